The summed E-state index contributed by atoms with van der Waals surface area (Å²) in [6.07, 6.45) is 8.92. The van der Waals surface area contributed by atoms with Crippen LogP contribution >= 0.6 is 11.6 Å². The zero-order chi connectivity index (χ0) is 12.8. The Morgan fingerprint density at radius 3 is 2.50 bits per heavy atom. The van der Waals surface area contributed by atoms with E-state index in [-0.39, 0.29) is 5.82 Å². The summed E-state index contributed by atoms with van der Waals surface area (Å²) in [5.41, 5.74) is 1.09. The van der Waals surface area contributed by atoms with Crippen LogP contribution in [-0.4, -0.2) is 5.88 Å². The molecule has 0 saturated heterocycles. The molecule has 0 nitrogen and oxygen atoms in total. The molecule has 1 unspecified atom stereocenters. The van der Waals surface area contributed by atoms with Crippen LogP contribution in [0.4, 0.5) is 4.39 Å². The molecule has 2 rings (SSSR count). The van der Waals surface area contributed by atoms with Crippen molar-refractivity contribution in [2.75, 3.05) is 5.88 Å². The molecule has 1 aromatic rings. The number of benzene rings is 1. The maximum absolute atomic E-state index is 13.2. The van der Waals surface area contributed by atoms with Crippen molar-refractivity contribution >= 4 is 11.6 Å². The molecule has 1 atom stereocenters. The highest BCUT2D eigenvalue weighted by atomic mass is 35.5. The van der Waals surface area contributed by atoms with Crippen molar-refractivity contribution in [2.24, 2.45) is 11.8 Å². The molecule has 0 spiro atoms. The molecule has 0 aliphatic heterocycles. The maximum atomic E-state index is 13.2. The first-order valence-corrected chi connectivity index (χ1v) is 7.63. The molecule has 0 N–H and O–H groups in total. The van der Waals surface area contributed by atoms with Gasteiger partial charge in [0.1, 0.15) is 5.82 Å². The van der Waals surface area contributed by atoms with Crippen molar-refractivity contribution in [1.29, 1.82) is 0 Å². The molecular formula is C16H22ClF. The minimum atomic E-state index is -0.137. The lowest BCUT2D eigenvalue weighted by atomic mass is 9.83. The van der Waals surface area contributed by atoms with Crippen LogP contribution in [0.2, 0.25) is 0 Å². The summed E-state index contributed by atoms with van der Waals surface area (Å²) in [6.45, 7) is 0. The molecule has 1 aromatic carbocycles. The molecule has 2 heteroatoms. The van der Waals surface area contributed by atoms with E-state index < -0.39 is 0 Å². The van der Waals surface area contributed by atoms with Gasteiger partial charge in [-0.15, -0.1) is 11.6 Å². The van der Waals surface area contributed by atoms with Gasteiger partial charge in [-0.25, -0.2) is 4.39 Å². The number of hydrogen-bond donors (Lipinski definition) is 0. The van der Waals surface area contributed by atoms with E-state index >= 15 is 0 Å². The van der Waals surface area contributed by atoms with E-state index in [2.05, 4.69) is 0 Å². The fourth-order valence-electron chi connectivity index (χ4n) is 3.10. The lowest BCUT2D eigenvalue weighted by Crippen LogP contribution is -2.18. The van der Waals surface area contributed by atoms with Crippen molar-refractivity contribution < 1.29 is 4.39 Å². The molecule has 18 heavy (non-hydrogen) atoms. The predicted molar refractivity (Wildman–Crippen MR) is 75.5 cm³/mol. The largest absolute Gasteiger partial charge is 0.207 e. The average molecular weight is 269 g/mol. The van der Waals surface area contributed by atoms with Crippen LogP contribution in [0, 0.1) is 17.7 Å². The highest BCUT2D eigenvalue weighted by Crippen LogP contribution is 2.31. The van der Waals surface area contributed by atoms with Crippen molar-refractivity contribution in [3.8, 4) is 0 Å². The van der Waals surface area contributed by atoms with E-state index in [1.165, 1.54) is 44.6 Å². The second-order valence-corrected chi connectivity index (χ2v) is 5.81. The van der Waals surface area contributed by atoms with Gasteiger partial charge in [-0.3, -0.25) is 0 Å². The van der Waals surface area contributed by atoms with Crippen LogP contribution in [0.1, 0.15) is 44.1 Å². The Morgan fingerprint density at radius 1 is 1.17 bits per heavy atom. The fourth-order valence-corrected chi connectivity index (χ4v) is 3.46. The highest BCUT2D eigenvalue weighted by Gasteiger charge is 2.22. The summed E-state index contributed by atoms with van der Waals surface area (Å²) >= 11 is 6.15. The van der Waals surface area contributed by atoms with Crippen LogP contribution in [0.5, 0.6) is 0 Å². The van der Waals surface area contributed by atoms with Crippen molar-refractivity contribution in [1.82, 2.24) is 0 Å². The number of alkyl halides is 1. The summed E-state index contributed by atoms with van der Waals surface area (Å²) in [4.78, 5) is 0. The SMILES string of the molecule is Fc1cccc(CC(CCl)C2CCCCCC2)c1. The zero-order valence-corrected chi connectivity index (χ0v) is 11.6. The number of halogens is 2. The third-order valence-electron chi connectivity index (χ3n) is 4.15. The third-order valence-corrected chi connectivity index (χ3v) is 4.55. The fraction of sp³-hybridized carbons (Fsp3) is 0.625. The molecule has 1 saturated carbocycles. The van der Waals surface area contributed by atoms with Crippen LogP contribution in [0.3, 0.4) is 0 Å². The minimum absolute atomic E-state index is 0.137. The molecular weight excluding hydrogens is 247 g/mol. The van der Waals surface area contributed by atoms with Gasteiger partial charge in [-0.2, -0.15) is 0 Å². The number of rotatable bonds is 4. The maximum Gasteiger partial charge on any atom is 0.123 e. The van der Waals surface area contributed by atoms with E-state index in [1.807, 2.05) is 6.07 Å². The quantitative estimate of drug-likeness (QED) is 0.520. The van der Waals surface area contributed by atoms with Crippen molar-refractivity contribution in [3.05, 3.63) is 35.6 Å². The molecule has 0 amide bonds. The third kappa shape index (κ3) is 3.98. The topological polar surface area (TPSA) is 0 Å². The first-order chi connectivity index (χ1) is 8.79. The van der Waals surface area contributed by atoms with Crippen LogP contribution < -0.4 is 0 Å². The minimum Gasteiger partial charge on any atom is -0.207 e. The van der Waals surface area contributed by atoms with E-state index in [9.17, 15) is 4.39 Å². The van der Waals surface area contributed by atoms with Gasteiger partial charge in [0.25, 0.3) is 0 Å². The summed E-state index contributed by atoms with van der Waals surface area (Å²) in [7, 11) is 0. The second-order valence-electron chi connectivity index (χ2n) is 5.50. The van der Waals surface area contributed by atoms with Crippen LogP contribution in [0.25, 0.3) is 0 Å². The van der Waals surface area contributed by atoms with Gasteiger partial charge in [0.15, 0.2) is 0 Å². The Labute approximate surface area is 115 Å². The van der Waals surface area contributed by atoms with Crippen LogP contribution in [0.15, 0.2) is 24.3 Å². The summed E-state index contributed by atoms with van der Waals surface area (Å²) in [5, 5.41) is 0. The van der Waals surface area contributed by atoms with E-state index in [4.69, 9.17) is 11.6 Å². The van der Waals surface area contributed by atoms with Gasteiger partial charge < -0.3 is 0 Å². The summed E-state index contributed by atoms with van der Waals surface area (Å²) < 4.78 is 13.2. The Bertz CT molecular complexity index is 356. The van der Waals surface area contributed by atoms with Gasteiger partial charge in [-0.05, 0) is 36.0 Å². The van der Waals surface area contributed by atoms with Crippen molar-refractivity contribution in [2.45, 2.75) is 44.9 Å². The van der Waals surface area contributed by atoms with Gasteiger partial charge in [0.05, 0.1) is 0 Å². The van der Waals surface area contributed by atoms with E-state index in [0.29, 0.717) is 11.8 Å². The van der Waals surface area contributed by atoms with Gasteiger partial charge in [-0.1, -0.05) is 50.7 Å². The van der Waals surface area contributed by atoms with E-state index in [0.717, 1.165) is 17.9 Å². The molecule has 1 fully saturated rings. The smallest absolute Gasteiger partial charge is 0.123 e. The summed E-state index contributed by atoms with van der Waals surface area (Å²) in [6, 6.07) is 6.96. The normalized spacial score (nSPS) is 19.4. The Hall–Kier alpha value is -0.560. The summed E-state index contributed by atoms with van der Waals surface area (Å²) in [5.74, 6) is 1.79. The predicted octanol–water partition coefficient (Wildman–Crippen LogP) is 5.19. The number of hydrogen-bond acceptors (Lipinski definition) is 0. The zero-order valence-electron chi connectivity index (χ0n) is 10.9. The Balaban J connectivity index is 1.99. The molecule has 0 heterocycles. The van der Waals surface area contributed by atoms with Crippen LogP contribution in [-0.2, 0) is 6.42 Å². The first kappa shape index (κ1) is 13.9. The molecule has 0 bridgehead atoms. The first-order valence-electron chi connectivity index (χ1n) is 7.10. The lowest BCUT2D eigenvalue weighted by Gasteiger charge is -2.24. The second kappa shape index (κ2) is 7.13. The van der Waals surface area contributed by atoms with Gasteiger partial charge >= 0.3 is 0 Å². The standard InChI is InChI=1S/C16H22ClF/c17-12-15(14-7-3-1-2-4-8-14)10-13-6-5-9-16(18)11-13/h5-6,9,11,14-15H,1-4,7-8,10,12H2. The molecule has 1 aliphatic carbocycles. The van der Waals surface area contributed by atoms with Crippen molar-refractivity contribution in [3.63, 3.8) is 0 Å². The lowest BCUT2D eigenvalue weighted by molar-refractivity contribution is 0.321. The molecule has 100 valence electrons. The van der Waals surface area contributed by atoms with Gasteiger partial charge in [0, 0.05) is 5.88 Å². The molecule has 0 radical (unpaired) electrons. The molecule has 1 aliphatic rings. The Kier molecular flexibility index (Phi) is 5.49. The molecule has 0 aromatic heterocycles. The monoisotopic (exact) mass is 268 g/mol. The average Bonchev–Trinajstić information content (AvgIpc) is 2.65. The Morgan fingerprint density at radius 2 is 1.89 bits per heavy atom. The van der Waals surface area contributed by atoms with E-state index in [1.54, 1.807) is 12.1 Å². The highest BCUT2D eigenvalue weighted by molar-refractivity contribution is 6.18. The van der Waals surface area contributed by atoms with Gasteiger partial charge in [0.2, 0.25) is 0 Å².